The van der Waals surface area contributed by atoms with Crippen LogP contribution in [0.3, 0.4) is 0 Å². The molecule has 2 aromatic heterocycles. The summed E-state index contributed by atoms with van der Waals surface area (Å²) in [5.41, 5.74) is 1.71. The quantitative estimate of drug-likeness (QED) is 0.862. The number of aryl methyl sites for hydroxylation is 2. The Morgan fingerprint density at radius 1 is 1.53 bits per heavy atom. The lowest BCUT2D eigenvalue weighted by Crippen LogP contribution is -2.12. The standard InChI is InChI=1S/C11H14N2OS/c1-8-7-9-3-4-13(5-6-15-2)10(9)11(14)12-8/h3-4,7H,5-6H2,1-2H3,(H,12,14). The Balaban J connectivity index is 2.54. The maximum atomic E-state index is 11.8. The Hall–Kier alpha value is -1.16. The van der Waals surface area contributed by atoms with E-state index in [9.17, 15) is 4.79 Å². The Kier molecular flexibility index (Phi) is 2.86. The first-order chi connectivity index (χ1) is 7.22. The van der Waals surface area contributed by atoms with Crippen LogP contribution in [0.25, 0.3) is 10.9 Å². The van der Waals surface area contributed by atoms with Crippen LogP contribution in [0.5, 0.6) is 0 Å². The second-order valence-corrected chi connectivity index (χ2v) is 4.57. The highest BCUT2D eigenvalue weighted by Crippen LogP contribution is 2.12. The van der Waals surface area contributed by atoms with Gasteiger partial charge in [0.1, 0.15) is 5.52 Å². The molecule has 3 nitrogen and oxygen atoms in total. The number of aromatic amines is 1. The second-order valence-electron chi connectivity index (χ2n) is 3.59. The van der Waals surface area contributed by atoms with Crippen LogP contribution in [0.15, 0.2) is 23.1 Å². The lowest BCUT2D eigenvalue weighted by molar-refractivity contribution is 0.803. The van der Waals surface area contributed by atoms with Crippen LogP contribution in [0, 0.1) is 6.92 Å². The molecule has 0 spiro atoms. The van der Waals surface area contributed by atoms with E-state index in [1.165, 1.54) is 0 Å². The molecule has 0 bridgehead atoms. The molecule has 2 rings (SSSR count). The van der Waals surface area contributed by atoms with Gasteiger partial charge in [0.2, 0.25) is 0 Å². The smallest absolute Gasteiger partial charge is 0.272 e. The monoisotopic (exact) mass is 222 g/mol. The van der Waals surface area contributed by atoms with Crippen molar-refractivity contribution in [2.75, 3.05) is 12.0 Å². The molecular weight excluding hydrogens is 208 g/mol. The van der Waals surface area contributed by atoms with Crippen molar-refractivity contribution in [3.63, 3.8) is 0 Å². The molecule has 0 aliphatic carbocycles. The predicted molar refractivity (Wildman–Crippen MR) is 65.7 cm³/mol. The van der Waals surface area contributed by atoms with Crippen LogP contribution < -0.4 is 5.56 Å². The van der Waals surface area contributed by atoms with Crippen molar-refractivity contribution in [1.29, 1.82) is 0 Å². The van der Waals surface area contributed by atoms with E-state index >= 15 is 0 Å². The molecule has 0 aliphatic heterocycles. The third-order valence-corrected chi connectivity index (χ3v) is 3.02. The van der Waals surface area contributed by atoms with Gasteiger partial charge in [-0.05, 0) is 25.3 Å². The molecule has 0 aromatic carbocycles. The van der Waals surface area contributed by atoms with E-state index in [4.69, 9.17) is 0 Å². The van der Waals surface area contributed by atoms with Gasteiger partial charge in [0.05, 0.1) is 0 Å². The molecule has 0 amide bonds. The number of nitrogens with zero attached hydrogens (tertiary/aromatic N) is 1. The summed E-state index contributed by atoms with van der Waals surface area (Å²) in [5.74, 6) is 1.02. The first-order valence-electron chi connectivity index (χ1n) is 4.90. The Labute approximate surface area is 92.5 Å². The number of H-pyrrole nitrogens is 1. The highest BCUT2D eigenvalue weighted by Gasteiger charge is 2.05. The minimum absolute atomic E-state index is 0.0103. The Bertz CT molecular complexity index is 527. The van der Waals surface area contributed by atoms with E-state index in [0.29, 0.717) is 0 Å². The summed E-state index contributed by atoms with van der Waals surface area (Å²) in [6, 6.07) is 4.00. The first kappa shape index (κ1) is 10.4. The number of thioether (sulfide) groups is 1. The van der Waals surface area contributed by atoms with E-state index < -0.39 is 0 Å². The number of nitrogens with one attached hydrogen (secondary N) is 1. The molecule has 0 fully saturated rings. The minimum atomic E-state index is 0.0103. The molecule has 0 aliphatic rings. The lowest BCUT2D eigenvalue weighted by atomic mass is 10.3. The van der Waals surface area contributed by atoms with Crippen molar-refractivity contribution in [2.45, 2.75) is 13.5 Å². The zero-order chi connectivity index (χ0) is 10.8. The van der Waals surface area contributed by atoms with Crippen molar-refractivity contribution in [3.05, 3.63) is 34.4 Å². The molecule has 2 aromatic rings. The fourth-order valence-corrected chi connectivity index (χ4v) is 2.13. The SMILES string of the molecule is CSCCn1ccc2cc(C)[nH]c(=O)c21. The maximum Gasteiger partial charge on any atom is 0.272 e. The van der Waals surface area contributed by atoms with Gasteiger partial charge < -0.3 is 9.55 Å². The van der Waals surface area contributed by atoms with Crippen LogP contribution in [0.1, 0.15) is 5.69 Å². The van der Waals surface area contributed by atoms with Gasteiger partial charge in [0.25, 0.3) is 5.56 Å². The number of hydrogen-bond donors (Lipinski definition) is 1. The molecule has 2 heterocycles. The fraction of sp³-hybridized carbons (Fsp3) is 0.364. The summed E-state index contributed by atoms with van der Waals surface area (Å²) in [6.07, 6.45) is 4.05. The van der Waals surface area contributed by atoms with Crippen LogP contribution >= 0.6 is 11.8 Å². The van der Waals surface area contributed by atoms with Crippen molar-refractivity contribution >= 4 is 22.7 Å². The van der Waals surface area contributed by atoms with Crippen molar-refractivity contribution in [2.24, 2.45) is 0 Å². The zero-order valence-electron chi connectivity index (χ0n) is 8.91. The Morgan fingerprint density at radius 3 is 3.07 bits per heavy atom. The fourth-order valence-electron chi connectivity index (χ4n) is 1.75. The van der Waals surface area contributed by atoms with Gasteiger partial charge in [-0.15, -0.1) is 0 Å². The van der Waals surface area contributed by atoms with E-state index in [0.717, 1.165) is 28.9 Å². The number of pyridine rings is 1. The second kappa shape index (κ2) is 4.14. The van der Waals surface area contributed by atoms with E-state index in [-0.39, 0.29) is 5.56 Å². The lowest BCUT2D eigenvalue weighted by Gasteiger charge is -2.03. The molecule has 4 heteroatoms. The number of fused-ring (bicyclic) bond motifs is 1. The van der Waals surface area contributed by atoms with Crippen molar-refractivity contribution in [1.82, 2.24) is 9.55 Å². The van der Waals surface area contributed by atoms with Crippen LogP contribution in [-0.2, 0) is 6.54 Å². The zero-order valence-corrected chi connectivity index (χ0v) is 9.73. The largest absolute Gasteiger partial charge is 0.342 e. The third kappa shape index (κ3) is 1.95. The number of hydrogen-bond acceptors (Lipinski definition) is 2. The van der Waals surface area contributed by atoms with Gasteiger partial charge in [-0.1, -0.05) is 0 Å². The molecule has 0 saturated heterocycles. The van der Waals surface area contributed by atoms with Gasteiger partial charge in [-0.25, -0.2) is 0 Å². The Morgan fingerprint density at radius 2 is 2.33 bits per heavy atom. The summed E-state index contributed by atoms with van der Waals surface area (Å²) >= 11 is 1.78. The highest BCUT2D eigenvalue weighted by molar-refractivity contribution is 7.98. The summed E-state index contributed by atoms with van der Waals surface area (Å²) in [6.45, 7) is 2.79. The van der Waals surface area contributed by atoms with E-state index in [1.54, 1.807) is 11.8 Å². The van der Waals surface area contributed by atoms with Gasteiger partial charge in [0.15, 0.2) is 0 Å². The van der Waals surface area contributed by atoms with E-state index in [2.05, 4.69) is 11.2 Å². The molecule has 0 atom stereocenters. The molecule has 0 radical (unpaired) electrons. The predicted octanol–water partition coefficient (Wildman–Crippen LogP) is 2.00. The van der Waals surface area contributed by atoms with E-state index in [1.807, 2.05) is 29.8 Å². The third-order valence-electron chi connectivity index (χ3n) is 2.43. The summed E-state index contributed by atoms with van der Waals surface area (Å²) in [7, 11) is 0. The van der Waals surface area contributed by atoms with Gasteiger partial charge in [-0.3, -0.25) is 4.79 Å². The molecule has 0 unspecified atom stereocenters. The van der Waals surface area contributed by atoms with Gasteiger partial charge >= 0.3 is 0 Å². The first-order valence-corrected chi connectivity index (χ1v) is 6.29. The van der Waals surface area contributed by atoms with Gasteiger partial charge in [0, 0.05) is 29.6 Å². The molecule has 15 heavy (non-hydrogen) atoms. The summed E-state index contributed by atoms with van der Waals surface area (Å²) < 4.78 is 2.02. The normalized spacial score (nSPS) is 11.1. The average Bonchev–Trinajstić information content (AvgIpc) is 2.58. The molecular formula is C11H14N2OS. The number of aromatic nitrogens is 2. The van der Waals surface area contributed by atoms with Crippen molar-refractivity contribution < 1.29 is 0 Å². The number of rotatable bonds is 3. The molecule has 0 saturated carbocycles. The summed E-state index contributed by atoms with van der Waals surface area (Å²) in [4.78, 5) is 14.6. The highest BCUT2D eigenvalue weighted by atomic mass is 32.2. The van der Waals surface area contributed by atoms with Gasteiger partial charge in [-0.2, -0.15) is 11.8 Å². The molecule has 80 valence electrons. The average molecular weight is 222 g/mol. The van der Waals surface area contributed by atoms with Crippen LogP contribution in [0.2, 0.25) is 0 Å². The topological polar surface area (TPSA) is 37.8 Å². The maximum absolute atomic E-state index is 11.8. The van der Waals surface area contributed by atoms with Crippen LogP contribution in [0.4, 0.5) is 0 Å². The minimum Gasteiger partial charge on any atom is -0.342 e. The van der Waals surface area contributed by atoms with Crippen molar-refractivity contribution in [3.8, 4) is 0 Å². The van der Waals surface area contributed by atoms with Crippen LogP contribution in [-0.4, -0.2) is 21.6 Å². The molecule has 1 N–H and O–H groups in total. The summed E-state index contributed by atoms with van der Waals surface area (Å²) in [5, 5.41) is 1.03.